The summed E-state index contributed by atoms with van der Waals surface area (Å²) in [7, 11) is 2.10. The van der Waals surface area contributed by atoms with Crippen molar-refractivity contribution in [2.45, 2.75) is 43.2 Å². The van der Waals surface area contributed by atoms with Gasteiger partial charge in [-0.05, 0) is 44.0 Å². The molecule has 0 aliphatic carbocycles. The van der Waals surface area contributed by atoms with Gasteiger partial charge in [0.1, 0.15) is 0 Å². The van der Waals surface area contributed by atoms with Crippen molar-refractivity contribution in [3.8, 4) is 0 Å². The van der Waals surface area contributed by atoms with Gasteiger partial charge in [0.25, 0.3) is 0 Å². The normalized spacial score (nSPS) is 28.8. The van der Waals surface area contributed by atoms with Gasteiger partial charge < -0.3 is 19.9 Å². The van der Waals surface area contributed by atoms with Gasteiger partial charge in [0.05, 0.1) is 17.0 Å². The van der Waals surface area contributed by atoms with Gasteiger partial charge in [-0.1, -0.05) is 60.7 Å². The lowest BCUT2D eigenvalue weighted by Gasteiger charge is -2.44. The number of hydrogen-bond donors (Lipinski definition) is 1. The van der Waals surface area contributed by atoms with Crippen LogP contribution in [0.3, 0.4) is 0 Å². The van der Waals surface area contributed by atoms with E-state index in [2.05, 4.69) is 46.4 Å². The number of carbonyl (C=O) groups is 2. The fourth-order valence-corrected chi connectivity index (χ4v) is 6.72. The minimum absolute atomic E-state index is 0.0368. The monoisotopic (exact) mass is 461 g/mol. The number of rotatable bonds is 4. The summed E-state index contributed by atoms with van der Waals surface area (Å²) in [5.74, 6) is 0.287. The van der Waals surface area contributed by atoms with Crippen LogP contribution in [0.1, 0.15) is 43.4 Å². The first-order chi connectivity index (χ1) is 16.5. The number of likely N-dealkylation sites (tertiary alicyclic amines) is 2. The molecule has 34 heavy (non-hydrogen) atoms. The van der Waals surface area contributed by atoms with Gasteiger partial charge >= 0.3 is 0 Å². The third kappa shape index (κ3) is 3.93. The van der Waals surface area contributed by atoms with Crippen LogP contribution >= 0.6 is 0 Å². The highest BCUT2D eigenvalue weighted by Crippen LogP contribution is 2.50. The van der Waals surface area contributed by atoms with Gasteiger partial charge in [-0.2, -0.15) is 0 Å². The molecule has 0 spiro atoms. The van der Waals surface area contributed by atoms with Gasteiger partial charge in [0, 0.05) is 39.1 Å². The predicted octanol–water partition coefficient (Wildman–Crippen LogP) is 3.14. The molecule has 0 bridgehead atoms. The molecule has 6 nitrogen and oxygen atoms in total. The number of ether oxygens (including phenoxy) is 1. The molecule has 6 heteroatoms. The van der Waals surface area contributed by atoms with Crippen molar-refractivity contribution in [2.24, 2.45) is 5.92 Å². The first kappa shape index (κ1) is 23.1. The van der Waals surface area contributed by atoms with Gasteiger partial charge in [0.2, 0.25) is 11.8 Å². The van der Waals surface area contributed by atoms with E-state index in [9.17, 15) is 9.59 Å². The zero-order valence-electron chi connectivity index (χ0n) is 20.2. The summed E-state index contributed by atoms with van der Waals surface area (Å²) in [4.78, 5) is 31.5. The first-order valence-electron chi connectivity index (χ1n) is 12.4. The molecule has 3 fully saturated rings. The maximum absolute atomic E-state index is 14.7. The zero-order chi connectivity index (χ0) is 23.8. The van der Waals surface area contributed by atoms with E-state index < -0.39 is 11.0 Å². The predicted molar refractivity (Wildman–Crippen MR) is 131 cm³/mol. The maximum atomic E-state index is 14.7. The average molecular weight is 462 g/mol. The van der Waals surface area contributed by atoms with E-state index in [-0.39, 0.29) is 23.8 Å². The van der Waals surface area contributed by atoms with E-state index in [0.717, 1.165) is 30.6 Å². The van der Waals surface area contributed by atoms with Crippen molar-refractivity contribution in [2.75, 3.05) is 39.9 Å². The third-order valence-electron chi connectivity index (χ3n) is 8.16. The minimum Gasteiger partial charge on any atom is -0.381 e. The highest BCUT2D eigenvalue weighted by Gasteiger charge is 2.59. The zero-order valence-corrected chi connectivity index (χ0v) is 20.2. The SMILES string of the molecule is CC(=O)N[C@@]12CN(C)CC[C@@H]1[C@@H](c1ccccc1)N(C(=O)C1(c3ccccc3)CCOCC1)C2. The molecule has 3 aliphatic heterocycles. The average Bonchev–Trinajstić information content (AvgIpc) is 3.18. The smallest absolute Gasteiger partial charge is 0.234 e. The molecule has 2 aromatic rings. The summed E-state index contributed by atoms with van der Waals surface area (Å²) in [6, 6.07) is 20.5. The molecular weight excluding hydrogens is 426 g/mol. The number of carbonyl (C=O) groups excluding carboxylic acids is 2. The van der Waals surface area contributed by atoms with Crippen LogP contribution in [-0.4, -0.2) is 67.0 Å². The molecule has 2 amide bonds. The quantitative estimate of drug-likeness (QED) is 0.760. The Morgan fingerprint density at radius 2 is 1.62 bits per heavy atom. The molecule has 5 rings (SSSR count). The molecule has 0 radical (unpaired) electrons. The Kier molecular flexibility index (Phi) is 6.21. The number of hydrogen-bond acceptors (Lipinski definition) is 4. The van der Waals surface area contributed by atoms with Crippen LogP contribution in [0.5, 0.6) is 0 Å². The standard InChI is InChI=1S/C28H35N3O3/c1-21(32)29-28-19-30(2)16-13-24(28)25(22-9-5-3-6-10-22)31(20-28)26(33)27(14-17-34-18-15-27)23-11-7-4-8-12-23/h3-12,24-25H,13-20H2,1-2H3,(H,29,32)/t24-,25-,28-/m1/s1. The largest absolute Gasteiger partial charge is 0.381 e. The summed E-state index contributed by atoms with van der Waals surface area (Å²) in [6.45, 7) is 4.96. The molecule has 2 aromatic carbocycles. The molecule has 3 aliphatic rings. The number of amides is 2. The van der Waals surface area contributed by atoms with Crippen LogP contribution < -0.4 is 5.32 Å². The Bertz CT molecular complexity index is 1020. The summed E-state index contributed by atoms with van der Waals surface area (Å²) in [6.07, 6.45) is 2.28. The lowest BCUT2D eigenvalue weighted by Crippen LogP contribution is -2.63. The molecule has 180 valence electrons. The summed E-state index contributed by atoms with van der Waals surface area (Å²) in [5.41, 5.74) is 1.14. The van der Waals surface area contributed by atoms with Crippen molar-refractivity contribution in [3.05, 3.63) is 71.8 Å². The van der Waals surface area contributed by atoms with E-state index in [1.165, 1.54) is 0 Å². The Morgan fingerprint density at radius 3 is 2.26 bits per heavy atom. The van der Waals surface area contributed by atoms with E-state index in [0.29, 0.717) is 32.6 Å². The van der Waals surface area contributed by atoms with Crippen LogP contribution in [0.25, 0.3) is 0 Å². The molecule has 0 unspecified atom stereocenters. The topological polar surface area (TPSA) is 61.9 Å². The number of fused-ring (bicyclic) bond motifs is 1. The Morgan fingerprint density at radius 1 is 0.971 bits per heavy atom. The van der Waals surface area contributed by atoms with Gasteiger partial charge in [-0.3, -0.25) is 9.59 Å². The molecule has 0 aromatic heterocycles. The molecule has 3 saturated heterocycles. The van der Waals surface area contributed by atoms with E-state index >= 15 is 0 Å². The number of piperidine rings is 1. The second-order valence-corrected chi connectivity index (χ2v) is 10.3. The van der Waals surface area contributed by atoms with Crippen molar-refractivity contribution >= 4 is 11.8 Å². The van der Waals surface area contributed by atoms with Gasteiger partial charge in [-0.15, -0.1) is 0 Å². The van der Waals surface area contributed by atoms with Crippen LogP contribution in [0.4, 0.5) is 0 Å². The third-order valence-corrected chi connectivity index (χ3v) is 8.16. The van der Waals surface area contributed by atoms with E-state index in [4.69, 9.17) is 4.74 Å². The number of likely N-dealkylation sites (N-methyl/N-ethyl adjacent to an activating group) is 1. The second kappa shape index (κ2) is 9.16. The fraction of sp³-hybridized carbons (Fsp3) is 0.500. The number of nitrogens with zero attached hydrogens (tertiary/aromatic N) is 2. The van der Waals surface area contributed by atoms with E-state index in [1.54, 1.807) is 6.92 Å². The Hall–Kier alpha value is -2.70. The lowest BCUT2D eigenvalue weighted by atomic mass is 9.72. The lowest BCUT2D eigenvalue weighted by molar-refractivity contribution is -0.143. The van der Waals surface area contributed by atoms with Crippen LogP contribution in [0.15, 0.2) is 60.7 Å². The van der Waals surface area contributed by atoms with Gasteiger partial charge in [-0.25, -0.2) is 0 Å². The van der Waals surface area contributed by atoms with Crippen molar-refractivity contribution in [1.82, 2.24) is 15.1 Å². The van der Waals surface area contributed by atoms with Crippen molar-refractivity contribution < 1.29 is 14.3 Å². The molecule has 3 atom stereocenters. The van der Waals surface area contributed by atoms with Crippen LogP contribution in [0, 0.1) is 5.92 Å². The minimum atomic E-state index is -0.608. The van der Waals surface area contributed by atoms with E-state index in [1.807, 2.05) is 36.4 Å². The fourth-order valence-electron chi connectivity index (χ4n) is 6.72. The van der Waals surface area contributed by atoms with Crippen molar-refractivity contribution in [3.63, 3.8) is 0 Å². The molecule has 0 saturated carbocycles. The maximum Gasteiger partial charge on any atom is 0.234 e. The van der Waals surface area contributed by atoms with Gasteiger partial charge in [0.15, 0.2) is 0 Å². The summed E-state index contributed by atoms with van der Waals surface area (Å²) in [5, 5.41) is 3.33. The second-order valence-electron chi connectivity index (χ2n) is 10.3. The molecule has 3 heterocycles. The highest BCUT2D eigenvalue weighted by molar-refractivity contribution is 5.89. The summed E-state index contributed by atoms with van der Waals surface area (Å²) < 4.78 is 5.72. The first-order valence-corrected chi connectivity index (χ1v) is 12.4. The Labute approximate surface area is 202 Å². The molecule has 1 N–H and O–H groups in total. The van der Waals surface area contributed by atoms with Crippen molar-refractivity contribution in [1.29, 1.82) is 0 Å². The molecular formula is C28H35N3O3. The highest BCUT2D eigenvalue weighted by atomic mass is 16.5. The summed E-state index contributed by atoms with van der Waals surface area (Å²) >= 11 is 0. The Balaban J connectivity index is 1.62. The number of nitrogens with one attached hydrogen (secondary N) is 1. The number of benzene rings is 2. The van der Waals surface area contributed by atoms with Crippen LogP contribution in [0.2, 0.25) is 0 Å². The van der Waals surface area contributed by atoms with Crippen LogP contribution in [-0.2, 0) is 19.7 Å².